The van der Waals surface area contributed by atoms with E-state index in [2.05, 4.69) is 0 Å². The van der Waals surface area contributed by atoms with Crippen LogP contribution in [0, 0.1) is 0 Å². The van der Waals surface area contributed by atoms with Crippen LogP contribution in [-0.2, 0) is 9.53 Å². The summed E-state index contributed by atoms with van der Waals surface area (Å²) in [6, 6.07) is 4.58. The van der Waals surface area contributed by atoms with E-state index in [9.17, 15) is 9.59 Å². The number of carbonyl (C=O) groups excluding carboxylic acids is 2. The number of rotatable bonds is 3. The molecule has 1 aromatic carbocycles. The van der Waals surface area contributed by atoms with Crippen LogP contribution >= 0.6 is 11.6 Å². The third-order valence-corrected chi connectivity index (χ3v) is 4.01. The number of carbonyl (C=O) groups is 2. The van der Waals surface area contributed by atoms with Crippen molar-refractivity contribution in [1.82, 2.24) is 4.90 Å². The highest BCUT2D eigenvalue weighted by Crippen LogP contribution is 2.19. The quantitative estimate of drug-likeness (QED) is 0.685. The summed E-state index contributed by atoms with van der Waals surface area (Å²) in [6.45, 7) is 1.20. The molecule has 1 amide bonds. The molecular formula is C16H21ClN2O3. The predicted molar refractivity (Wildman–Crippen MR) is 85.8 cm³/mol. The highest BCUT2D eigenvalue weighted by Gasteiger charge is 2.18. The number of hydrogen-bond donors (Lipinski definition) is 1. The number of halogens is 1. The second kappa shape index (κ2) is 8.03. The maximum atomic E-state index is 12.1. The molecule has 1 heterocycles. The van der Waals surface area contributed by atoms with Crippen LogP contribution in [0.3, 0.4) is 0 Å². The molecule has 1 aliphatic rings. The second-order valence-corrected chi connectivity index (χ2v) is 5.89. The van der Waals surface area contributed by atoms with Crippen molar-refractivity contribution in [2.45, 2.75) is 32.1 Å². The summed E-state index contributed by atoms with van der Waals surface area (Å²) in [5, 5.41) is 0.399. The van der Waals surface area contributed by atoms with Gasteiger partial charge in [0.1, 0.15) is 0 Å². The molecule has 2 N–H and O–H groups in total. The summed E-state index contributed by atoms with van der Waals surface area (Å²) >= 11 is 5.84. The molecule has 0 aromatic heterocycles. The molecule has 1 aromatic rings. The van der Waals surface area contributed by atoms with Crippen molar-refractivity contribution in [3.8, 4) is 0 Å². The highest BCUT2D eigenvalue weighted by molar-refractivity contribution is 6.31. The van der Waals surface area contributed by atoms with E-state index in [-0.39, 0.29) is 23.8 Å². The van der Waals surface area contributed by atoms with Crippen LogP contribution in [0.25, 0.3) is 0 Å². The maximum Gasteiger partial charge on any atom is 0.340 e. The van der Waals surface area contributed by atoms with E-state index in [0.29, 0.717) is 5.02 Å². The molecule has 0 unspecified atom stereocenters. The van der Waals surface area contributed by atoms with Gasteiger partial charge in [0.15, 0.2) is 6.61 Å². The van der Waals surface area contributed by atoms with Crippen LogP contribution < -0.4 is 5.73 Å². The van der Waals surface area contributed by atoms with Gasteiger partial charge in [0.25, 0.3) is 5.91 Å². The number of likely N-dealkylation sites (tertiary alicyclic amines) is 1. The predicted octanol–water partition coefficient (Wildman–Crippen LogP) is 2.87. The van der Waals surface area contributed by atoms with Crippen molar-refractivity contribution in [2.24, 2.45) is 0 Å². The van der Waals surface area contributed by atoms with Crippen LogP contribution in [-0.4, -0.2) is 36.5 Å². The molecule has 0 bridgehead atoms. The zero-order valence-corrected chi connectivity index (χ0v) is 13.3. The molecule has 1 fully saturated rings. The average Bonchev–Trinajstić information content (AvgIpc) is 2.46. The fourth-order valence-corrected chi connectivity index (χ4v) is 2.67. The lowest BCUT2D eigenvalue weighted by atomic mass is 10.1. The van der Waals surface area contributed by atoms with Crippen molar-refractivity contribution < 1.29 is 14.3 Å². The Morgan fingerprint density at radius 2 is 1.77 bits per heavy atom. The molecule has 2 rings (SSSR count). The Kier molecular flexibility index (Phi) is 6.07. The molecule has 120 valence electrons. The van der Waals surface area contributed by atoms with Crippen molar-refractivity contribution >= 4 is 29.2 Å². The first-order valence-electron chi connectivity index (χ1n) is 7.58. The minimum absolute atomic E-state index is 0.157. The number of anilines is 1. The zero-order chi connectivity index (χ0) is 15.9. The Morgan fingerprint density at radius 3 is 2.45 bits per heavy atom. The van der Waals surface area contributed by atoms with E-state index in [1.807, 2.05) is 0 Å². The topological polar surface area (TPSA) is 72.6 Å². The normalized spacial score (nSPS) is 15.8. The standard InChI is InChI=1S/C16H21ClN2O3/c17-12-6-7-14(18)13(10-12)16(21)22-11-15(20)19-8-4-2-1-3-5-9-19/h6-7,10H,1-5,8-9,11,18H2. The van der Waals surface area contributed by atoms with Crippen molar-refractivity contribution in [3.63, 3.8) is 0 Å². The lowest BCUT2D eigenvalue weighted by molar-refractivity contribution is -0.134. The Labute approximate surface area is 135 Å². The number of benzene rings is 1. The van der Waals surface area contributed by atoms with Crippen LogP contribution in [0.5, 0.6) is 0 Å². The number of nitrogens with zero attached hydrogens (tertiary/aromatic N) is 1. The first-order valence-corrected chi connectivity index (χ1v) is 7.95. The zero-order valence-electron chi connectivity index (χ0n) is 12.5. The van der Waals surface area contributed by atoms with E-state index in [4.69, 9.17) is 22.1 Å². The molecule has 0 atom stereocenters. The van der Waals surface area contributed by atoms with Gasteiger partial charge in [-0.05, 0) is 31.0 Å². The molecular weight excluding hydrogens is 304 g/mol. The summed E-state index contributed by atoms with van der Waals surface area (Å²) in [6.07, 6.45) is 5.51. The van der Waals surface area contributed by atoms with Gasteiger partial charge in [-0.1, -0.05) is 30.9 Å². The average molecular weight is 325 g/mol. The van der Waals surface area contributed by atoms with E-state index >= 15 is 0 Å². The number of esters is 1. The van der Waals surface area contributed by atoms with Gasteiger partial charge in [-0.15, -0.1) is 0 Å². The molecule has 0 radical (unpaired) electrons. The van der Waals surface area contributed by atoms with Gasteiger partial charge in [-0.3, -0.25) is 4.79 Å². The third-order valence-electron chi connectivity index (χ3n) is 3.77. The van der Waals surface area contributed by atoms with Crippen LogP contribution in [0.2, 0.25) is 5.02 Å². The molecule has 6 heteroatoms. The van der Waals surface area contributed by atoms with Gasteiger partial charge >= 0.3 is 5.97 Å². The number of nitrogen functional groups attached to an aromatic ring is 1. The van der Waals surface area contributed by atoms with Crippen molar-refractivity contribution in [2.75, 3.05) is 25.4 Å². The van der Waals surface area contributed by atoms with Gasteiger partial charge in [0.2, 0.25) is 0 Å². The number of ether oxygens (including phenoxy) is 1. The van der Waals surface area contributed by atoms with Gasteiger partial charge < -0.3 is 15.4 Å². The number of hydrogen-bond acceptors (Lipinski definition) is 4. The molecule has 0 saturated carbocycles. The van der Waals surface area contributed by atoms with E-state index in [1.54, 1.807) is 17.0 Å². The van der Waals surface area contributed by atoms with Crippen molar-refractivity contribution in [3.05, 3.63) is 28.8 Å². The third kappa shape index (κ3) is 4.63. The second-order valence-electron chi connectivity index (χ2n) is 5.46. The number of amides is 1. The lowest BCUT2D eigenvalue weighted by Crippen LogP contribution is -2.37. The van der Waals surface area contributed by atoms with Gasteiger partial charge in [0, 0.05) is 23.8 Å². The molecule has 22 heavy (non-hydrogen) atoms. The van der Waals surface area contributed by atoms with E-state index in [1.165, 1.54) is 12.5 Å². The largest absolute Gasteiger partial charge is 0.452 e. The molecule has 5 nitrogen and oxygen atoms in total. The monoisotopic (exact) mass is 324 g/mol. The summed E-state index contributed by atoms with van der Waals surface area (Å²) in [7, 11) is 0. The van der Waals surface area contributed by atoms with Gasteiger partial charge in [0.05, 0.1) is 5.56 Å². The molecule has 0 aliphatic carbocycles. The first kappa shape index (κ1) is 16.6. The van der Waals surface area contributed by atoms with E-state index < -0.39 is 5.97 Å². The summed E-state index contributed by atoms with van der Waals surface area (Å²) in [4.78, 5) is 25.9. The fraction of sp³-hybridized carbons (Fsp3) is 0.500. The Morgan fingerprint density at radius 1 is 1.14 bits per heavy atom. The van der Waals surface area contributed by atoms with Crippen LogP contribution in [0.15, 0.2) is 18.2 Å². The van der Waals surface area contributed by atoms with Gasteiger partial charge in [-0.25, -0.2) is 4.79 Å². The first-order chi connectivity index (χ1) is 10.6. The number of nitrogens with two attached hydrogens (primary N) is 1. The van der Waals surface area contributed by atoms with Crippen LogP contribution in [0.1, 0.15) is 42.5 Å². The minimum atomic E-state index is -0.625. The highest BCUT2D eigenvalue weighted by atomic mass is 35.5. The smallest absolute Gasteiger partial charge is 0.340 e. The fourth-order valence-electron chi connectivity index (χ4n) is 2.50. The molecule has 0 spiro atoms. The lowest BCUT2D eigenvalue weighted by Gasteiger charge is -2.24. The Bertz CT molecular complexity index is 540. The summed E-state index contributed by atoms with van der Waals surface area (Å²) in [5.41, 5.74) is 6.20. The molecule has 1 aliphatic heterocycles. The Balaban J connectivity index is 1.89. The van der Waals surface area contributed by atoms with Crippen LogP contribution in [0.4, 0.5) is 5.69 Å². The maximum absolute atomic E-state index is 12.1. The Hall–Kier alpha value is -1.75. The minimum Gasteiger partial charge on any atom is -0.452 e. The van der Waals surface area contributed by atoms with Gasteiger partial charge in [-0.2, -0.15) is 0 Å². The summed E-state index contributed by atoms with van der Waals surface area (Å²) < 4.78 is 5.08. The SMILES string of the molecule is Nc1ccc(Cl)cc1C(=O)OCC(=O)N1CCCCCCC1. The summed E-state index contributed by atoms with van der Waals surface area (Å²) in [5.74, 6) is -0.781. The molecule has 1 saturated heterocycles. The van der Waals surface area contributed by atoms with Crippen molar-refractivity contribution in [1.29, 1.82) is 0 Å². The van der Waals surface area contributed by atoms with E-state index in [0.717, 1.165) is 38.8 Å².